The van der Waals surface area contributed by atoms with Gasteiger partial charge in [0.25, 0.3) is 11.6 Å². The lowest BCUT2D eigenvalue weighted by atomic mass is 10.2. The largest absolute Gasteiger partial charge is 0.494 e. The molecule has 0 aromatic heterocycles. The Balaban J connectivity index is 2.03. The molecule has 142 valence electrons. The third kappa shape index (κ3) is 5.38. The molecule has 0 aliphatic heterocycles. The molecule has 0 unspecified atom stereocenters. The van der Waals surface area contributed by atoms with Crippen molar-refractivity contribution in [2.24, 2.45) is 0 Å². The number of carbonyl (C=O) groups excluding carboxylic acids is 2. The first-order chi connectivity index (χ1) is 12.8. The maximum absolute atomic E-state index is 13.6. The standard InChI is InChI=1S/C17H14ClFN2O6/c1-2-26-11-4-6-14(15(8-11)21(24)25)20-16(22)9-27-17(23)12-5-3-10(18)7-13(12)19/h3-8H,2,9H2,1H3,(H,20,22). The molecule has 27 heavy (non-hydrogen) atoms. The van der Waals surface area contributed by atoms with Crippen molar-refractivity contribution < 1.29 is 28.4 Å². The van der Waals surface area contributed by atoms with Crippen molar-refractivity contribution in [3.05, 3.63) is 62.9 Å². The average molecular weight is 397 g/mol. The number of esters is 1. The van der Waals surface area contributed by atoms with Gasteiger partial charge in [0, 0.05) is 5.02 Å². The summed E-state index contributed by atoms with van der Waals surface area (Å²) in [5, 5.41) is 13.5. The lowest BCUT2D eigenvalue weighted by molar-refractivity contribution is -0.384. The molecule has 2 rings (SSSR count). The van der Waals surface area contributed by atoms with E-state index in [1.807, 2.05) is 0 Å². The van der Waals surface area contributed by atoms with E-state index in [-0.39, 0.29) is 27.7 Å². The van der Waals surface area contributed by atoms with Crippen LogP contribution in [0.5, 0.6) is 5.75 Å². The van der Waals surface area contributed by atoms with E-state index in [4.69, 9.17) is 21.1 Å². The highest BCUT2D eigenvalue weighted by atomic mass is 35.5. The molecule has 0 spiro atoms. The molecule has 0 atom stereocenters. The fourth-order valence-corrected chi connectivity index (χ4v) is 2.23. The summed E-state index contributed by atoms with van der Waals surface area (Å²) in [6, 6.07) is 7.25. The summed E-state index contributed by atoms with van der Waals surface area (Å²) in [5.41, 5.74) is -0.870. The summed E-state index contributed by atoms with van der Waals surface area (Å²) in [6.45, 7) is 1.28. The highest BCUT2D eigenvalue weighted by Crippen LogP contribution is 2.29. The highest BCUT2D eigenvalue weighted by Gasteiger charge is 2.19. The van der Waals surface area contributed by atoms with Gasteiger partial charge < -0.3 is 14.8 Å². The number of hydrogen-bond donors (Lipinski definition) is 1. The van der Waals surface area contributed by atoms with Crippen LogP contribution in [-0.4, -0.2) is 30.0 Å². The number of rotatable bonds is 7. The Morgan fingerprint density at radius 2 is 2.00 bits per heavy atom. The van der Waals surface area contributed by atoms with Crippen molar-refractivity contribution in [3.63, 3.8) is 0 Å². The third-order valence-electron chi connectivity index (χ3n) is 3.24. The van der Waals surface area contributed by atoms with E-state index < -0.39 is 29.2 Å². The van der Waals surface area contributed by atoms with Crippen molar-refractivity contribution in [1.29, 1.82) is 0 Å². The van der Waals surface area contributed by atoms with Crippen molar-refractivity contribution in [1.82, 2.24) is 0 Å². The number of amides is 1. The first-order valence-electron chi connectivity index (χ1n) is 7.65. The molecule has 8 nitrogen and oxygen atoms in total. The Labute approximate surface area is 158 Å². The van der Waals surface area contributed by atoms with Gasteiger partial charge >= 0.3 is 5.97 Å². The van der Waals surface area contributed by atoms with Gasteiger partial charge in [-0.3, -0.25) is 14.9 Å². The molecular weight excluding hydrogens is 383 g/mol. The predicted molar refractivity (Wildman–Crippen MR) is 94.6 cm³/mol. The van der Waals surface area contributed by atoms with E-state index >= 15 is 0 Å². The van der Waals surface area contributed by atoms with Crippen LogP contribution in [-0.2, 0) is 9.53 Å². The van der Waals surface area contributed by atoms with Crippen LogP contribution in [0.1, 0.15) is 17.3 Å². The van der Waals surface area contributed by atoms with Crippen molar-refractivity contribution in [3.8, 4) is 5.75 Å². The van der Waals surface area contributed by atoms with E-state index in [9.17, 15) is 24.1 Å². The minimum absolute atomic E-state index is 0.0952. The van der Waals surface area contributed by atoms with Crippen LogP contribution in [0, 0.1) is 15.9 Å². The van der Waals surface area contributed by atoms with Crippen LogP contribution >= 0.6 is 11.6 Å². The maximum Gasteiger partial charge on any atom is 0.341 e. The van der Waals surface area contributed by atoms with Gasteiger partial charge in [-0.15, -0.1) is 0 Å². The maximum atomic E-state index is 13.6. The molecule has 0 radical (unpaired) electrons. The Bertz CT molecular complexity index is 890. The first kappa shape index (κ1) is 20.1. The quantitative estimate of drug-likeness (QED) is 0.435. The van der Waals surface area contributed by atoms with Gasteiger partial charge in [0.05, 0.1) is 23.2 Å². The van der Waals surface area contributed by atoms with E-state index in [2.05, 4.69) is 5.32 Å². The highest BCUT2D eigenvalue weighted by molar-refractivity contribution is 6.30. The minimum Gasteiger partial charge on any atom is -0.494 e. The monoisotopic (exact) mass is 396 g/mol. The number of halogens is 2. The fraction of sp³-hybridized carbons (Fsp3) is 0.176. The molecular formula is C17H14ClFN2O6. The molecule has 0 saturated heterocycles. The molecule has 0 aliphatic carbocycles. The molecule has 1 amide bonds. The van der Waals surface area contributed by atoms with Crippen molar-refractivity contribution in [2.75, 3.05) is 18.5 Å². The minimum atomic E-state index is -1.07. The van der Waals surface area contributed by atoms with Crippen molar-refractivity contribution in [2.45, 2.75) is 6.92 Å². The molecule has 0 aliphatic rings. The number of hydrogen-bond acceptors (Lipinski definition) is 6. The Kier molecular flexibility index (Phi) is 6.67. The summed E-state index contributed by atoms with van der Waals surface area (Å²) >= 11 is 5.59. The predicted octanol–water partition coefficient (Wildman–Crippen LogP) is 3.58. The summed E-state index contributed by atoms with van der Waals surface area (Å²) in [6.07, 6.45) is 0. The van der Waals surface area contributed by atoms with Crippen LogP contribution in [0.3, 0.4) is 0 Å². The number of ether oxygens (including phenoxy) is 2. The van der Waals surface area contributed by atoms with Crippen LogP contribution in [0.2, 0.25) is 5.02 Å². The lowest BCUT2D eigenvalue weighted by Crippen LogP contribution is -2.21. The summed E-state index contributed by atoms with van der Waals surface area (Å²) in [4.78, 5) is 34.2. The topological polar surface area (TPSA) is 108 Å². The van der Waals surface area contributed by atoms with Gasteiger partial charge in [-0.2, -0.15) is 0 Å². The molecule has 10 heteroatoms. The number of benzene rings is 2. The second kappa shape index (κ2) is 8.95. The Morgan fingerprint density at radius 1 is 1.26 bits per heavy atom. The zero-order chi connectivity index (χ0) is 20.0. The fourth-order valence-electron chi connectivity index (χ4n) is 2.07. The van der Waals surface area contributed by atoms with Gasteiger partial charge in [-0.25, -0.2) is 9.18 Å². The number of nitro groups is 1. The van der Waals surface area contributed by atoms with E-state index in [0.717, 1.165) is 18.2 Å². The van der Waals surface area contributed by atoms with Crippen molar-refractivity contribution >= 4 is 34.9 Å². The van der Waals surface area contributed by atoms with E-state index in [0.29, 0.717) is 6.61 Å². The van der Waals surface area contributed by atoms with E-state index in [1.165, 1.54) is 18.2 Å². The average Bonchev–Trinajstić information content (AvgIpc) is 2.61. The van der Waals surface area contributed by atoms with Crippen LogP contribution < -0.4 is 10.1 Å². The molecule has 2 aromatic rings. The SMILES string of the molecule is CCOc1ccc(NC(=O)COC(=O)c2ccc(Cl)cc2F)c([N+](=O)[O-])c1. The number of nitrogens with zero attached hydrogens (tertiary/aromatic N) is 1. The summed E-state index contributed by atoms with van der Waals surface area (Å²) in [5.74, 6) is -2.52. The number of anilines is 1. The molecule has 0 heterocycles. The van der Waals surface area contributed by atoms with Gasteiger partial charge in [0.15, 0.2) is 6.61 Å². The number of nitrogens with one attached hydrogen (secondary N) is 1. The number of carbonyl (C=O) groups is 2. The van der Waals surface area contributed by atoms with Gasteiger partial charge in [0.2, 0.25) is 0 Å². The Morgan fingerprint density at radius 3 is 2.63 bits per heavy atom. The zero-order valence-electron chi connectivity index (χ0n) is 14.0. The number of nitro benzene ring substituents is 1. The third-order valence-corrected chi connectivity index (χ3v) is 3.47. The van der Waals surface area contributed by atoms with Crippen LogP contribution in [0.15, 0.2) is 36.4 Å². The van der Waals surface area contributed by atoms with Crippen LogP contribution in [0.4, 0.5) is 15.8 Å². The second-order valence-electron chi connectivity index (χ2n) is 5.12. The summed E-state index contributed by atoms with van der Waals surface area (Å²) < 4.78 is 23.5. The molecule has 0 saturated carbocycles. The van der Waals surface area contributed by atoms with Gasteiger partial charge in [0.1, 0.15) is 17.3 Å². The van der Waals surface area contributed by atoms with Gasteiger partial charge in [-0.05, 0) is 37.3 Å². The molecule has 0 bridgehead atoms. The molecule has 1 N–H and O–H groups in total. The first-order valence-corrected chi connectivity index (χ1v) is 8.03. The normalized spacial score (nSPS) is 10.2. The van der Waals surface area contributed by atoms with Crippen LogP contribution in [0.25, 0.3) is 0 Å². The molecule has 0 fully saturated rings. The second-order valence-corrected chi connectivity index (χ2v) is 5.55. The Hall–Kier alpha value is -3.20. The zero-order valence-corrected chi connectivity index (χ0v) is 14.8. The molecule has 2 aromatic carbocycles. The van der Waals surface area contributed by atoms with Gasteiger partial charge in [-0.1, -0.05) is 11.6 Å². The van der Waals surface area contributed by atoms with E-state index in [1.54, 1.807) is 6.92 Å². The lowest BCUT2D eigenvalue weighted by Gasteiger charge is -2.09. The summed E-state index contributed by atoms with van der Waals surface area (Å²) in [7, 11) is 0. The smallest absolute Gasteiger partial charge is 0.341 e.